The fourth-order valence-corrected chi connectivity index (χ4v) is 6.98. The molecule has 1 aromatic carbocycles. The van der Waals surface area contributed by atoms with Gasteiger partial charge in [-0.2, -0.15) is 4.31 Å². The number of nitrogens with zero attached hydrogens (tertiary/aromatic N) is 2. The molecule has 0 bridgehead atoms. The number of amides is 1. The topological polar surface area (TPSA) is 57.7 Å². The van der Waals surface area contributed by atoms with Gasteiger partial charge in [-0.05, 0) is 41.8 Å². The van der Waals surface area contributed by atoms with E-state index in [9.17, 15) is 13.2 Å². The van der Waals surface area contributed by atoms with Gasteiger partial charge < -0.3 is 4.90 Å². The van der Waals surface area contributed by atoms with Crippen LogP contribution < -0.4 is 0 Å². The maximum atomic E-state index is 13.3. The number of carbonyl (C=O) groups excluding carboxylic acids is 1. The van der Waals surface area contributed by atoms with Crippen molar-refractivity contribution in [3.05, 3.63) is 52.2 Å². The van der Waals surface area contributed by atoms with E-state index in [-0.39, 0.29) is 5.91 Å². The first-order valence-electron chi connectivity index (χ1n) is 9.31. The highest BCUT2D eigenvalue weighted by atomic mass is 32.2. The lowest BCUT2D eigenvalue weighted by Crippen LogP contribution is -2.47. The number of thiophene rings is 1. The Balaban J connectivity index is 1.73. The maximum Gasteiger partial charge on any atom is 0.263 e. The zero-order chi connectivity index (χ0) is 19.2. The molecule has 0 saturated carbocycles. The van der Waals surface area contributed by atoms with E-state index in [2.05, 4.69) is 13.8 Å². The minimum atomic E-state index is -3.54. The molecule has 2 aliphatic rings. The lowest BCUT2D eigenvalue weighted by molar-refractivity contribution is 0.0768. The van der Waals surface area contributed by atoms with Crippen molar-refractivity contribution < 1.29 is 13.2 Å². The van der Waals surface area contributed by atoms with Gasteiger partial charge in [-0.3, -0.25) is 4.79 Å². The molecule has 1 spiro atoms. The highest BCUT2D eigenvalue weighted by molar-refractivity contribution is 7.89. The van der Waals surface area contributed by atoms with E-state index in [0.29, 0.717) is 41.7 Å². The molecule has 4 rings (SSSR count). The molecular formula is C20H24N2O3S2. The third-order valence-electron chi connectivity index (χ3n) is 5.61. The molecule has 3 heterocycles. The van der Waals surface area contributed by atoms with Gasteiger partial charge in [0.2, 0.25) is 10.0 Å². The largest absolute Gasteiger partial charge is 0.336 e. The van der Waals surface area contributed by atoms with Crippen LogP contribution in [0, 0.1) is 5.92 Å². The smallest absolute Gasteiger partial charge is 0.263 e. The van der Waals surface area contributed by atoms with E-state index in [1.54, 1.807) is 16.4 Å². The third kappa shape index (κ3) is 2.92. The summed E-state index contributed by atoms with van der Waals surface area (Å²) < 4.78 is 28.2. The van der Waals surface area contributed by atoms with Gasteiger partial charge in [0.15, 0.2) is 0 Å². The molecule has 1 atom stereocenters. The van der Waals surface area contributed by atoms with Gasteiger partial charge in [-0.25, -0.2) is 8.42 Å². The quantitative estimate of drug-likeness (QED) is 0.783. The summed E-state index contributed by atoms with van der Waals surface area (Å²) in [5.74, 6) is 0.402. The molecule has 0 radical (unpaired) electrons. The van der Waals surface area contributed by atoms with Crippen LogP contribution in [0.5, 0.6) is 0 Å². The summed E-state index contributed by atoms with van der Waals surface area (Å²) in [4.78, 5) is 15.8. The Labute approximate surface area is 164 Å². The minimum absolute atomic E-state index is 0.00698. The van der Waals surface area contributed by atoms with Crippen LogP contribution in [0.3, 0.4) is 0 Å². The summed E-state index contributed by atoms with van der Waals surface area (Å²) in [7, 11) is -3.54. The highest BCUT2D eigenvalue weighted by Crippen LogP contribution is 2.49. The van der Waals surface area contributed by atoms with Crippen LogP contribution >= 0.6 is 11.3 Å². The molecular weight excluding hydrogens is 380 g/mol. The Hall–Kier alpha value is -1.70. The van der Waals surface area contributed by atoms with Gasteiger partial charge in [0.05, 0.1) is 15.3 Å². The van der Waals surface area contributed by atoms with Crippen LogP contribution in [0.15, 0.2) is 46.7 Å². The van der Waals surface area contributed by atoms with Crippen molar-refractivity contribution in [3.8, 4) is 0 Å². The van der Waals surface area contributed by atoms with Gasteiger partial charge in [0.1, 0.15) is 0 Å². The van der Waals surface area contributed by atoms with Crippen LogP contribution in [-0.2, 0) is 15.6 Å². The van der Waals surface area contributed by atoms with Gasteiger partial charge >= 0.3 is 0 Å². The summed E-state index contributed by atoms with van der Waals surface area (Å²) >= 11 is 1.43. The van der Waals surface area contributed by atoms with Crippen molar-refractivity contribution in [1.29, 1.82) is 0 Å². The molecule has 144 valence electrons. The number of rotatable bonds is 4. The molecule has 1 aromatic heterocycles. The Morgan fingerprint density at radius 1 is 1.22 bits per heavy atom. The lowest BCUT2D eigenvalue weighted by Gasteiger charge is -2.34. The van der Waals surface area contributed by atoms with Crippen LogP contribution in [-0.4, -0.2) is 43.2 Å². The van der Waals surface area contributed by atoms with Gasteiger partial charge in [0, 0.05) is 19.6 Å². The number of likely N-dealkylation sites (tertiary alicyclic amines) is 1. The SMILES string of the molecule is CC(C)CCN1C2(CCN(C(=O)c3cccs3)C2)c2ccccc2S1(=O)=O. The first-order chi connectivity index (χ1) is 12.9. The zero-order valence-corrected chi connectivity index (χ0v) is 17.2. The summed E-state index contributed by atoms with van der Waals surface area (Å²) in [6, 6.07) is 11.0. The van der Waals surface area contributed by atoms with Crippen LogP contribution in [0.2, 0.25) is 0 Å². The molecule has 0 aliphatic carbocycles. The number of hydrogen-bond acceptors (Lipinski definition) is 4. The molecule has 7 heteroatoms. The minimum Gasteiger partial charge on any atom is -0.336 e. The summed E-state index contributed by atoms with van der Waals surface area (Å²) in [5, 5.41) is 1.89. The molecule has 1 amide bonds. The van der Waals surface area contributed by atoms with Crippen molar-refractivity contribution in [2.24, 2.45) is 5.92 Å². The van der Waals surface area contributed by atoms with Crippen LogP contribution in [0.1, 0.15) is 41.9 Å². The Kier molecular flexibility index (Phi) is 4.64. The first kappa shape index (κ1) is 18.7. The Bertz CT molecular complexity index is 953. The van der Waals surface area contributed by atoms with Gasteiger partial charge in [0.25, 0.3) is 5.91 Å². The van der Waals surface area contributed by atoms with Crippen LogP contribution in [0.4, 0.5) is 0 Å². The number of fused-ring (bicyclic) bond motifs is 2. The molecule has 1 saturated heterocycles. The number of sulfonamides is 1. The molecule has 1 unspecified atom stereocenters. The van der Waals surface area contributed by atoms with E-state index < -0.39 is 15.6 Å². The summed E-state index contributed by atoms with van der Waals surface area (Å²) in [5.41, 5.74) is 0.201. The number of carbonyl (C=O) groups is 1. The fraction of sp³-hybridized carbons (Fsp3) is 0.450. The van der Waals surface area contributed by atoms with Gasteiger partial charge in [-0.1, -0.05) is 38.1 Å². The van der Waals surface area contributed by atoms with Gasteiger partial charge in [-0.15, -0.1) is 11.3 Å². The first-order valence-corrected chi connectivity index (χ1v) is 11.6. The van der Waals surface area contributed by atoms with E-state index >= 15 is 0 Å². The van der Waals surface area contributed by atoms with E-state index in [0.717, 1.165) is 12.0 Å². The van der Waals surface area contributed by atoms with Crippen molar-refractivity contribution in [3.63, 3.8) is 0 Å². The molecule has 1 fully saturated rings. The predicted octanol–water partition coefficient (Wildman–Crippen LogP) is 3.54. The standard InChI is InChI=1S/C20H24N2O3S2/c1-15(2)9-11-22-20(16-6-3-4-8-18(16)27(22,24)25)10-12-21(14-20)19(23)17-7-5-13-26-17/h3-8,13,15H,9-12,14H2,1-2H3. The average molecular weight is 405 g/mol. The van der Waals surface area contributed by atoms with E-state index in [4.69, 9.17) is 0 Å². The van der Waals surface area contributed by atoms with Crippen molar-refractivity contribution in [2.75, 3.05) is 19.6 Å². The molecule has 2 aromatic rings. The second kappa shape index (κ2) is 6.72. The van der Waals surface area contributed by atoms with Crippen molar-refractivity contribution in [1.82, 2.24) is 9.21 Å². The zero-order valence-electron chi connectivity index (χ0n) is 15.6. The molecule has 0 N–H and O–H groups in total. The number of benzene rings is 1. The van der Waals surface area contributed by atoms with Crippen molar-refractivity contribution >= 4 is 27.3 Å². The fourth-order valence-electron chi connectivity index (χ4n) is 4.22. The molecule has 5 nitrogen and oxygen atoms in total. The monoisotopic (exact) mass is 404 g/mol. The molecule has 27 heavy (non-hydrogen) atoms. The normalized spacial score (nSPS) is 24.0. The maximum absolute atomic E-state index is 13.3. The Morgan fingerprint density at radius 2 is 2.00 bits per heavy atom. The number of hydrogen-bond donors (Lipinski definition) is 0. The van der Waals surface area contributed by atoms with Crippen LogP contribution in [0.25, 0.3) is 0 Å². The van der Waals surface area contributed by atoms with E-state index in [1.165, 1.54) is 11.3 Å². The second-order valence-corrected chi connectivity index (χ2v) is 10.5. The summed E-state index contributed by atoms with van der Waals surface area (Å²) in [6.45, 7) is 5.67. The predicted molar refractivity (Wildman–Crippen MR) is 106 cm³/mol. The third-order valence-corrected chi connectivity index (χ3v) is 8.49. The average Bonchev–Trinajstić information content (AvgIpc) is 3.34. The highest BCUT2D eigenvalue weighted by Gasteiger charge is 2.57. The summed E-state index contributed by atoms with van der Waals surface area (Å²) in [6.07, 6.45) is 1.44. The lowest BCUT2D eigenvalue weighted by atomic mass is 9.88. The van der Waals surface area contributed by atoms with E-state index in [1.807, 2.05) is 34.5 Å². The van der Waals surface area contributed by atoms with Crippen molar-refractivity contribution in [2.45, 2.75) is 37.1 Å². The second-order valence-electron chi connectivity index (χ2n) is 7.74. The Morgan fingerprint density at radius 3 is 2.70 bits per heavy atom. The molecule has 2 aliphatic heterocycles.